The van der Waals surface area contributed by atoms with Gasteiger partial charge >= 0.3 is 84.5 Å². The first-order valence-electron chi connectivity index (χ1n) is 4.30. The molecule has 0 aromatic carbocycles. The van der Waals surface area contributed by atoms with Gasteiger partial charge in [-0.2, -0.15) is 0 Å². The second kappa shape index (κ2) is 7.60. The van der Waals surface area contributed by atoms with Gasteiger partial charge in [0.05, 0.1) is 0 Å². The van der Waals surface area contributed by atoms with Gasteiger partial charge < -0.3 is 9.41 Å². The fourth-order valence-corrected chi connectivity index (χ4v) is 2.40. The summed E-state index contributed by atoms with van der Waals surface area (Å²) in [5, 5.41) is 0. The van der Waals surface area contributed by atoms with Crippen LogP contribution in [0.3, 0.4) is 0 Å². The molecule has 0 amide bonds. The Morgan fingerprint density at radius 1 is 1.38 bits per heavy atom. The molecule has 0 fully saturated rings. The Kier molecular flexibility index (Phi) is 9.16. The fourth-order valence-electron chi connectivity index (χ4n) is 1.23. The average molecular weight is 352 g/mol. The number of rotatable bonds is 3. The second-order valence-corrected chi connectivity index (χ2v) is 5.71. The zero-order valence-electron chi connectivity index (χ0n) is 8.11. The quantitative estimate of drug-likeness (QED) is 0.482. The summed E-state index contributed by atoms with van der Waals surface area (Å²) in [5.74, 6) is 0.853. The summed E-state index contributed by atoms with van der Waals surface area (Å²) in [6, 6.07) is 0. The van der Waals surface area contributed by atoms with Gasteiger partial charge in [0.25, 0.3) is 0 Å². The minimum absolute atomic E-state index is 0. The van der Waals surface area contributed by atoms with E-state index in [2.05, 4.69) is 26.0 Å². The minimum Gasteiger partial charge on any atom is -1.00 e. The van der Waals surface area contributed by atoms with E-state index in [4.69, 9.17) is 0 Å². The van der Waals surface area contributed by atoms with Crippen molar-refractivity contribution in [2.45, 2.75) is 33.1 Å². The van der Waals surface area contributed by atoms with E-state index in [1.165, 1.54) is 43.6 Å². The largest absolute Gasteiger partial charge is 1.00 e. The van der Waals surface area contributed by atoms with Crippen molar-refractivity contribution in [2.75, 3.05) is 0 Å². The van der Waals surface area contributed by atoms with E-state index in [1.807, 2.05) is 0 Å². The molecular weight excluding hydrogens is 337 g/mol. The maximum Gasteiger partial charge on any atom is -1.00 e. The van der Waals surface area contributed by atoms with Crippen molar-refractivity contribution in [3.8, 4) is 0 Å². The van der Waals surface area contributed by atoms with Gasteiger partial charge in [0.15, 0.2) is 0 Å². The number of allylic oxidation sites excluding steroid dienone is 4. The molecule has 0 aliphatic heterocycles. The summed E-state index contributed by atoms with van der Waals surface area (Å²) >= 11 is 1.26. The summed E-state index contributed by atoms with van der Waals surface area (Å²) in [4.78, 5) is 0. The molecular formula is C10H15F2Hf. The average Bonchev–Trinajstić information content (AvgIpc) is 2.31. The fraction of sp³-hybridized carbons (Fsp3) is 0.600. The van der Waals surface area contributed by atoms with Gasteiger partial charge in [-0.1, -0.05) is 0 Å². The van der Waals surface area contributed by atoms with Gasteiger partial charge in [0, 0.05) is 0 Å². The van der Waals surface area contributed by atoms with E-state index in [0.29, 0.717) is 0 Å². The zero-order valence-corrected chi connectivity index (χ0v) is 11.7. The molecule has 0 heterocycles. The van der Waals surface area contributed by atoms with Crippen molar-refractivity contribution >= 4 is 0 Å². The summed E-state index contributed by atoms with van der Waals surface area (Å²) in [5.41, 5.74) is 1.64. The van der Waals surface area contributed by atoms with Gasteiger partial charge in [-0.25, -0.2) is 0 Å². The van der Waals surface area contributed by atoms with Gasteiger partial charge in [0.1, 0.15) is 0 Å². The normalized spacial score (nSPS) is 14.5. The molecule has 0 saturated carbocycles. The maximum atomic E-state index is 2.32. The summed E-state index contributed by atoms with van der Waals surface area (Å²) in [7, 11) is 0. The van der Waals surface area contributed by atoms with Crippen LogP contribution >= 0.6 is 0 Å². The standard InChI is InChI=1S/C10H15.2FH.Hf/c1-9(2)7-8-10-5-3-4-6-10;;;/h3,5,9H,4,7-8H2,1-2H3;2*1H;/q;;;+2/p-2. The molecule has 0 aromatic heterocycles. The smallest absolute Gasteiger partial charge is 1.00 e. The van der Waals surface area contributed by atoms with Crippen LogP contribution in [-0.2, 0) is 24.4 Å². The topological polar surface area (TPSA) is 0 Å². The number of hydrogen-bond acceptors (Lipinski definition) is 0. The Morgan fingerprint density at radius 2 is 2.00 bits per heavy atom. The van der Waals surface area contributed by atoms with Gasteiger partial charge in [0.2, 0.25) is 0 Å². The van der Waals surface area contributed by atoms with Crippen molar-refractivity contribution in [2.24, 2.45) is 5.92 Å². The first kappa shape index (κ1) is 15.7. The van der Waals surface area contributed by atoms with Crippen molar-refractivity contribution in [1.82, 2.24) is 0 Å². The van der Waals surface area contributed by atoms with Crippen LogP contribution in [0.2, 0.25) is 0 Å². The third-order valence-electron chi connectivity index (χ3n) is 2.02. The Labute approximate surface area is 93.8 Å². The summed E-state index contributed by atoms with van der Waals surface area (Å²) in [6.45, 7) is 4.60. The molecule has 0 atom stereocenters. The molecule has 1 aliphatic carbocycles. The van der Waals surface area contributed by atoms with Crippen molar-refractivity contribution in [1.29, 1.82) is 0 Å². The molecule has 1 rings (SSSR count). The van der Waals surface area contributed by atoms with Crippen LogP contribution in [0.4, 0.5) is 0 Å². The molecule has 1 aliphatic rings. The third kappa shape index (κ3) is 5.50. The van der Waals surface area contributed by atoms with Gasteiger partial charge in [-0.05, 0) is 0 Å². The Bertz CT molecular complexity index is 195. The number of halogens is 2. The van der Waals surface area contributed by atoms with Gasteiger partial charge in [-0.3, -0.25) is 0 Å². The van der Waals surface area contributed by atoms with E-state index < -0.39 is 0 Å². The monoisotopic (exact) mass is 353 g/mol. The van der Waals surface area contributed by atoms with Crippen molar-refractivity contribution in [3.05, 3.63) is 21.1 Å². The molecule has 0 saturated heterocycles. The Morgan fingerprint density at radius 3 is 2.38 bits per heavy atom. The van der Waals surface area contributed by atoms with E-state index in [1.54, 1.807) is 8.90 Å². The maximum absolute atomic E-state index is 2.32. The van der Waals surface area contributed by atoms with Crippen LogP contribution in [0, 0.1) is 5.92 Å². The minimum atomic E-state index is 0. The van der Waals surface area contributed by atoms with E-state index in [0.717, 1.165) is 5.92 Å². The van der Waals surface area contributed by atoms with Crippen molar-refractivity contribution < 1.29 is 33.8 Å². The molecule has 3 heteroatoms. The van der Waals surface area contributed by atoms with Crippen LogP contribution in [0.25, 0.3) is 0 Å². The van der Waals surface area contributed by atoms with E-state index in [9.17, 15) is 0 Å². The molecule has 73 valence electrons. The zero-order chi connectivity index (χ0) is 8.27. The second-order valence-electron chi connectivity index (χ2n) is 3.54. The molecule has 0 spiro atoms. The van der Waals surface area contributed by atoms with Crippen LogP contribution < -0.4 is 9.41 Å². The Balaban J connectivity index is 0. The molecule has 0 bridgehead atoms. The first-order chi connectivity index (χ1) is 5.20. The first-order valence-corrected chi connectivity index (χ1v) is 6.10. The molecule has 0 N–H and O–H groups in total. The molecule has 0 nitrogen and oxygen atoms in total. The molecule has 0 aromatic rings. The van der Waals surface area contributed by atoms with Crippen molar-refractivity contribution in [3.63, 3.8) is 0 Å². The molecule has 0 radical (unpaired) electrons. The third-order valence-corrected chi connectivity index (χ3v) is 3.91. The summed E-state index contributed by atoms with van der Waals surface area (Å²) in [6.07, 6.45) is 8.54. The summed E-state index contributed by atoms with van der Waals surface area (Å²) < 4.78 is 1.71. The van der Waals surface area contributed by atoms with E-state index >= 15 is 0 Å². The van der Waals surface area contributed by atoms with Gasteiger partial charge in [-0.15, -0.1) is 0 Å². The van der Waals surface area contributed by atoms with E-state index in [-0.39, 0.29) is 9.41 Å². The predicted octanol–water partition coefficient (Wildman–Crippen LogP) is -2.81. The SMILES string of the molecule is CC(C)CCC1=[C]([Hf+2])CC=C1.[F-].[F-]. The van der Waals surface area contributed by atoms with Crippen LogP contribution in [0.1, 0.15) is 33.1 Å². The number of hydrogen-bond donors (Lipinski definition) is 0. The van der Waals surface area contributed by atoms with Crippen LogP contribution in [-0.4, -0.2) is 0 Å². The predicted molar refractivity (Wildman–Crippen MR) is 44.9 cm³/mol. The molecule has 13 heavy (non-hydrogen) atoms. The molecule has 0 unspecified atom stereocenters. The van der Waals surface area contributed by atoms with Crippen LogP contribution in [0.15, 0.2) is 21.1 Å². The Hall–Kier alpha value is 0.210. The van der Waals surface area contributed by atoms with Crippen LogP contribution in [0.5, 0.6) is 0 Å².